The van der Waals surface area contributed by atoms with Gasteiger partial charge in [-0.3, -0.25) is 4.79 Å². The molecule has 0 aliphatic rings. The maximum atomic E-state index is 12.2. The van der Waals surface area contributed by atoms with Gasteiger partial charge in [0.1, 0.15) is 17.1 Å². The molecule has 0 spiro atoms. The molecule has 0 aliphatic carbocycles. The highest BCUT2D eigenvalue weighted by Gasteiger charge is 2.11. The predicted molar refractivity (Wildman–Crippen MR) is 86.3 cm³/mol. The smallest absolute Gasteiger partial charge is 0.339 e. The number of rotatable bonds is 6. The lowest BCUT2D eigenvalue weighted by Crippen LogP contribution is -2.00. The minimum absolute atomic E-state index is 0.0701. The average molecular weight is 312 g/mol. The van der Waals surface area contributed by atoms with E-state index >= 15 is 0 Å². The van der Waals surface area contributed by atoms with Crippen LogP contribution in [-0.2, 0) is 0 Å². The highest BCUT2D eigenvalue weighted by atomic mass is 16.5. The fourth-order valence-corrected chi connectivity index (χ4v) is 2.10. The molecule has 0 saturated carbocycles. The molecule has 23 heavy (non-hydrogen) atoms. The number of para-hydroxylation sites is 1. The fraction of sp³-hybridized carbons (Fsp3) is 0.111. The van der Waals surface area contributed by atoms with Crippen LogP contribution in [0.4, 0.5) is 0 Å². The van der Waals surface area contributed by atoms with Crippen LogP contribution in [0.5, 0.6) is 11.5 Å². The van der Waals surface area contributed by atoms with E-state index in [0.717, 1.165) is 0 Å². The summed E-state index contributed by atoms with van der Waals surface area (Å²) in [7, 11) is 2.90. The molecular weight excluding hydrogens is 296 g/mol. The summed E-state index contributed by atoms with van der Waals surface area (Å²) in [4.78, 5) is 23.3. The number of allylic oxidation sites excluding steroid dienone is 1. The molecule has 2 aromatic rings. The van der Waals surface area contributed by atoms with Gasteiger partial charge in [-0.25, -0.2) is 4.79 Å². The zero-order valence-electron chi connectivity index (χ0n) is 12.8. The van der Waals surface area contributed by atoms with Gasteiger partial charge in [0.2, 0.25) is 0 Å². The number of carboxylic acid groups (broad SMARTS) is 1. The minimum atomic E-state index is -1.07. The van der Waals surface area contributed by atoms with Crippen molar-refractivity contribution in [2.75, 3.05) is 14.2 Å². The molecular formula is C18H16O5. The number of ether oxygens (including phenoxy) is 2. The molecule has 0 fully saturated rings. The maximum absolute atomic E-state index is 12.2. The fourth-order valence-electron chi connectivity index (χ4n) is 2.10. The van der Waals surface area contributed by atoms with E-state index in [0.29, 0.717) is 16.9 Å². The molecule has 0 bridgehead atoms. The van der Waals surface area contributed by atoms with Crippen molar-refractivity contribution in [3.63, 3.8) is 0 Å². The van der Waals surface area contributed by atoms with E-state index in [2.05, 4.69) is 0 Å². The third-order valence-corrected chi connectivity index (χ3v) is 3.26. The van der Waals surface area contributed by atoms with Crippen molar-refractivity contribution in [2.45, 2.75) is 0 Å². The number of hydrogen-bond acceptors (Lipinski definition) is 4. The Morgan fingerprint density at radius 1 is 0.957 bits per heavy atom. The van der Waals surface area contributed by atoms with Crippen molar-refractivity contribution in [1.29, 1.82) is 0 Å². The van der Waals surface area contributed by atoms with Gasteiger partial charge in [-0.05, 0) is 35.9 Å². The first-order valence-corrected chi connectivity index (χ1v) is 6.83. The quantitative estimate of drug-likeness (QED) is 0.654. The molecule has 5 heteroatoms. The predicted octanol–water partition coefficient (Wildman–Crippen LogP) is 3.30. The van der Waals surface area contributed by atoms with Crippen LogP contribution in [0.1, 0.15) is 26.3 Å². The average Bonchev–Trinajstić information content (AvgIpc) is 2.59. The van der Waals surface area contributed by atoms with Gasteiger partial charge in [0.05, 0.1) is 19.8 Å². The second kappa shape index (κ2) is 7.26. The summed E-state index contributed by atoms with van der Waals surface area (Å²) >= 11 is 0. The van der Waals surface area contributed by atoms with Crippen molar-refractivity contribution in [3.8, 4) is 11.5 Å². The summed E-state index contributed by atoms with van der Waals surface area (Å²) in [6.07, 6.45) is 3.01. The van der Waals surface area contributed by atoms with E-state index in [4.69, 9.17) is 14.6 Å². The highest BCUT2D eigenvalue weighted by Crippen LogP contribution is 2.22. The normalized spacial score (nSPS) is 10.5. The second-order valence-corrected chi connectivity index (χ2v) is 4.66. The van der Waals surface area contributed by atoms with Crippen molar-refractivity contribution >= 4 is 17.8 Å². The van der Waals surface area contributed by atoms with Gasteiger partial charge >= 0.3 is 5.97 Å². The van der Waals surface area contributed by atoms with Crippen LogP contribution in [0.15, 0.2) is 48.5 Å². The Morgan fingerprint density at radius 3 is 2.30 bits per heavy atom. The Bertz CT molecular complexity index is 762. The molecule has 0 unspecified atom stereocenters. The summed E-state index contributed by atoms with van der Waals surface area (Å²) < 4.78 is 10.2. The number of aromatic carboxylic acids is 1. The number of hydrogen-bond donors (Lipinski definition) is 1. The molecule has 0 aromatic heterocycles. The topological polar surface area (TPSA) is 72.8 Å². The van der Waals surface area contributed by atoms with Crippen LogP contribution in [0, 0.1) is 0 Å². The third-order valence-electron chi connectivity index (χ3n) is 3.26. The van der Waals surface area contributed by atoms with E-state index in [1.807, 2.05) is 0 Å². The molecule has 0 amide bonds. The molecule has 0 aliphatic heterocycles. The van der Waals surface area contributed by atoms with E-state index in [-0.39, 0.29) is 17.1 Å². The van der Waals surface area contributed by atoms with Crippen LogP contribution in [0.2, 0.25) is 0 Å². The molecule has 2 rings (SSSR count). The minimum Gasteiger partial charge on any atom is -0.496 e. The van der Waals surface area contributed by atoms with Crippen molar-refractivity contribution in [2.24, 2.45) is 0 Å². The summed E-state index contributed by atoms with van der Waals surface area (Å²) in [6, 6.07) is 11.6. The Labute approximate surface area is 133 Å². The number of carbonyl (C=O) groups excluding carboxylic acids is 1. The summed E-state index contributed by atoms with van der Waals surface area (Å²) in [6.45, 7) is 0. The van der Waals surface area contributed by atoms with Gasteiger partial charge in [0.25, 0.3) is 0 Å². The van der Waals surface area contributed by atoms with Crippen molar-refractivity contribution < 1.29 is 24.2 Å². The lowest BCUT2D eigenvalue weighted by molar-refractivity contribution is 0.0693. The lowest BCUT2D eigenvalue weighted by Gasteiger charge is -2.06. The number of carbonyl (C=O) groups is 2. The van der Waals surface area contributed by atoms with Gasteiger partial charge in [0.15, 0.2) is 5.78 Å². The number of benzene rings is 2. The van der Waals surface area contributed by atoms with Gasteiger partial charge in [0, 0.05) is 0 Å². The lowest BCUT2D eigenvalue weighted by atomic mass is 10.1. The first-order chi connectivity index (χ1) is 11.1. The molecule has 2 aromatic carbocycles. The third kappa shape index (κ3) is 3.77. The standard InChI is InChI=1S/C18H16O5/c1-22-16-6-4-3-5-13(16)15(19)10-8-12-7-9-14(18(20)21)17(11-12)23-2/h3-11H,1-2H3,(H,20,21). The van der Waals surface area contributed by atoms with Crippen molar-refractivity contribution in [3.05, 3.63) is 65.2 Å². The molecule has 0 saturated heterocycles. The van der Waals surface area contributed by atoms with Crippen LogP contribution in [0.25, 0.3) is 6.08 Å². The Morgan fingerprint density at radius 2 is 1.65 bits per heavy atom. The number of carboxylic acids is 1. The molecule has 118 valence electrons. The van der Waals surface area contributed by atoms with Crippen molar-refractivity contribution in [1.82, 2.24) is 0 Å². The molecule has 0 atom stereocenters. The van der Waals surface area contributed by atoms with Gasteiger partial charge in [-0.2, -0.15) is 0 Å². The summed E-state index contributed by atoms with van der Waals surface area (Å²) in [5.41, 5.74) is 1.19. The van der Waals surface area contributed by atoms with Crippen LogP contribution in [-0.4, -0.2) is 31.1 Å². The Hall–Kier alpha value is -3.08. The number of ketones is 1. The molecule has 1 N–H and O–H groups in total. The van der Waals surface area contributed by atoms with Crippen LogP contribution < -0.4 is 9.47 Å². The summed E-state index contributed by atoms with van der Waals surface area (Å²) in [5, 5.41) is 9.05. The van der Waals surface area contributed by atoms with Gasteiger partial charge in [-0.1, -0.05) is 24.3 Å². The zero-order chi connectivity index (χ0) is 16.8. The Balaban J connectivity index is 2.26. The zero-order valence-corrected chi connectivity index (χ0v) is 12.8. The monoisotopic (exact) mass is 312 g/mol. The van der Waals surface area contributed by atoms with E-state index < -0.39 is 5.97 Å². The first-order valence-electron chi connectivity index (χ1n) is 6.83. The SMILES string of the molecule is COc1cc(C=CC(=O)c2ccccc2OC)ccc1C(=O)O. The van der Waals surface area contributed by atoms with Crippen LogP contribution >= 0.6 is 0 Å². The van der Waals surface area contributed by atoms with Crippen LogP contribution in [0.3, 0.4) is 0 Å². The molecule has 0 heterocycles. The largest absolute Gasteiger partial charge is 0.496 e. The second-order valence-electron chi connectivity index (χ2n) is 4.66. The van der Waals surface area contributed by atoms with Gasteiger partial charge in [-0.15, -0.1) is 0 Å². The van der Waals surface area contributed by atoms with E-state index in [1.165, 1.54) is 26.4 Å². The molecule has 5 nitrogen and oxygen atoms in total. The van der Waals surface area contributed by atoms with Gasteiger partial charge < -0.3 is 14.6 Å². The summed E-state index contributed by atoms with van der Waals surface area (Å²) in [5.74, 6) is -0.531. The van der Waals surface area contributed by atoms with E-state index in [1.54, 1.807) is 42.5 Å². The van der Waals surface area contributed by atoms with E-state index in [9.17, 15) is 9.59 Å². The Kier molecular flexibility index (Phi) is 5.15. The maximum Gasteiger partial charge on any atom is 0.339 e. The molecule has 0 radical (unpaired) electrons. The number of methoxy groups -OCH3 is 2. The first kappa shape index (κ1) is 16.3. The highest BCUT2D eigenvalue weighted by molar-refractivity contribution is 6.08.